The van der Waals surface area contributed by atoms with Gasteiger partial charge in [0.15, 0.2) is 0 Å². The van der Waals surface area contributed by atoms with E-state index in [0.29, 0.717) is 0 Å². The van der Waals surface area contributed by atoms with Crippen molar-refractivity contribution in [3.8, 4) is 44.5 Å². The number of benzene rings is 13. The molecule has 0 saturated heterocycles. The van der Waals surface area contributed by atoms with Crippen LogP contribution in [0.5, 0.6) is 0 Å². The lowest BCUT2D eigenvalue weighted by atomic mass is 9.84. The molecule has 0 unspecified atom stereocenters. The number of nitrogens with zero attached hydrogens (tertiary/aromatic N) is 2. The Labute approximate surface area is 420 Å². The molecule has 2 nitrogen and oxygen atoms in total. The molecule has 0 heterocycles. The first kappa shape index (κ1) is 42.6. The van der Waals surface area contributed by atoms with Crippen LogP contribution in [0.3, 0.4) is 0 Å². The van der Waals surface area contributed by atoms with E-state index in [4.69, 9.17) is 0 Å². The smallest absolute Gasteiger partial charge is 0.0540 e. The molecule has 0 fully saturated rings. The van der Waals surface area contributed by atoms with Crippen LogP contribution in [-0.4, -0.2) is 0 Å². The zero-order chi connectivity index (χ0) is 47.8. The highest BCUT2D eigenvalue weighted by atomic mass is 15.1. The zero-order valence-electron chi connectivity index (χ0n) is 39.6. The van der Waals surface area contributed by atoms with Crippen LogP contribution in [0.25, 0.3) is 87.6 Å². The molecule has 0 aliphatic rings. The lowest BCUT2D eigenvalue weighted by Crippen LogP contribution is -2.10. The summed E-state index contributed by atoms with van der Waals surface area (Å²) in [5, 5.41) is 9.75. The van der Waals surface area contributed by atoms with Gasteiger partial charge in [-0.3, -0.25) is 0 Å². The first-order valence-corrected chi connectivity index (χ1v) is 24.7. The number of para-hydroxylation sites is 2. The normalized spacial score (nSPS) is 11.3. The Morgan fingerprint density at radius 3 is 0.903 bits per heavy atom. The molecule has 0 N–H and O–H groups in total. The van der Waals surface area contributed by atoms with Crippen LogP contribution in [-0.2, 0) is 0 Å². The number of anilines is 6. The van der Waals surface area contributed by atoms with Crippen LogP contribution >= 0.6 is 0 Å². The molecular formula is C70H48N2. The first-order valence-electron chi connectivity index (χ1n) is 24.7. The fourth-order valence-electron chi connectivity index (χ4n) is 10.8. The standard InChI is InChI=1S/C70H48N2/c1-5-21-53(22-6-1)69-63-45-39-56(50-37-43-60(44-38-50)72(58-29-11-4-12-30-58)68-34-18-26-52-20-14-16-32-62(52)68)48-66(63)70(54-23-7-2-8-24-54)64-46-40-55(47-65(64)69)49-35-41-59(42-36-49)71(57-27-9-3-10-28-57)67-33-17-25-51-19-13-15-31-61(51)67/h1-48H. The molecule has 0 aliphatic heterocycles. The average molecular weight is 917 g/mol. The molecule has 338 valence electrons. The number of rotatable bonds is 10. The molecule has 13 rings (SSSR count). The van der Waals surface area contributed by atoms with Gasteiger partial charge in [0.2, 0.25) is 0 Å². The molecule has 0 aliphatic carbocycles. The molecule has 0 bridgehead atoms. The Kier molecular flexibility index (Phi) is 10.9. The van der Waals surface area contributed by atoms with Gasteiger partial charge in [-0.25, -0.2) is 0 Å². The van der Waals surface area contributed by atoms with Gasteiger partial charge in [0.25, 0.3) is 0 Å². The summed E-state index contributed by atoms with van der Waals surface area (Å²) >= 11 is 0. The molecule has 0 spiro atoms. The summed E-state index contributed by atoms with van der Waals surface area (Å²) in [7, 11) is 0. The summed E-state index contributed by atoms with van der Waals surface area (Å²) < 4.78 is 0. The number of fused-ring (bicyclic) bond motifs is 4. The summed E-state index contributed by atoms with van der Waals surface area (Å²) in [6.45, 7) is 0. The largest absolute Gasteiger partial charge is 0.310 e. The number of hydrogen-bond acceptors (Lipinski definition) is 2. The summed E-state index contributed by atoms with van der Waals surface area (Å²) in [5.41, 5.74) is 16.3. The van der Waals surface area contributed by atoms with Crippen molar-refractivity contribution in [2.75, 3.05) is 9.80 Å². The molecule has 13 aromatic rings. The molecule has 0 aromatic heterocycles. The second-order valence-corrected chi connectivity index (χ2v) is 18.4. The van der Waals surface area contributed by atoms with E-state index in [2.05, 4.69) is 301 Å². The zero-order valence-corrected chi connectivity index (χ0v) is 39.6. The van der Waals surface area contributed by atoms with Gasteiger partial charge >= 0.3 is 0 Å². The van der Waals surface area contributed by atoms with Crippen molar-refractivity contribution < 1.29 is 0 Å². The van der Waals surface area contributed by atoms with Crippen molar-refractivity contribution in [1.82, 2.24) is 0 Å². The van der Waals surface area contributed by atoms with Gasteiger partial charge in [0.1, 0.15) is 0 Å². The Bertz CT molecular complexity index is 3780. The lowest BCUT2D eigenvalue weighted by molar-refractivity contribution is 1.30. The van der Waals surface area contributed by atoms with Gasteiger partial charge in [0, 0.05) is 33.5 Å². The SMILES string of the molecule is c1ccc(-c2c3ccc(-c4ccc(N(c5ccccc5)c5cccc6ccccc56)cc4)cc3c(-c3ccccc3)c3ccc(-c4ccc(N(c5ccccc5)c5cccc6ccccc56)cc4)cc23)cc1. The second-order valence-electron chi connectivity index (χ2n) is 18.4. The predicted molar refractivity (Wildman–Crippen MR) is 308 cm³/mol. The van der Waals surface area contributed by atoms with Crippen LogP contribution in [0.15, 0.2) is 291 Å². The van der Waals surface area contributed by atoms with E-state index in [-0.39, 0.29) is 0 Å². The van der Waals surface area contributed by atoms with E-state index in [1.165, 1.54) is 76.5 Å². The topological polar surface area (TPSA) is 6.48 Å². The highest BCUT2D eigenvalue weighted by molar-refractivity contribution is 6.22. The van der Waals surface area contributed by atoms with Crippen LogP contribution in [0.4, 0.5) is 34.1 Å². The Hall–Kier alpha value is -9.50. The maximum atomic E-state index is 2.42. The van der Waals surface area contributed by atoms with Crippen molar-refractivity contribution in [3.63, 3.8) is 0 Å². The average Bonchev–Trinajstić information content (AvgIpc) is 3.46. The summed E-state index contributed by atoms with van der Waals surface area (Å²) in [6, 6.07) is 106. The molecule has 0 amide bonds. The fraction of sp³-hybridized carbons (Fsp3) is 0. The molecule has 0 atom stereocenters. The third kappa shape index (κ3) is 7.73. The molecule has 0 saturated carbocycles. The molecule has 72 heavy (non-hydrogen) atoms. The van der Waals surface area contributed by atoms with Crippen molar-refractivity contribution in [3.05, 3.63) is 291 Å². The van der Waals surface area contributed by atoms with E-state index in [1.807, 2.05) is 0 Å². The van der Waals surface area contributed by atoms with E-state index in [9.17, 15) is 0 Å². The van der Waals surface area contributed by atoms with E-state index in [0.717, 1.165) is 45.3 Å². The summed E-state index contributed by atoms with van der Waals surface area (Å²) in [6.07, 6.45) is 0. The van der Waals surface area contributed by atoms with Crippen LogP contribution in [0.2, 0.25) is 0 Å². The molecular weight excluding hydrogens is 869 g/mol. The van der Waals surface area contributed by atoms with Crippen molar-refractivity contribution in [2.45, 2.75) is 0 Å². The fourth-order valence-corrected chi connectivity index (χ4v) is 10.8. The summed E-state index contributed by atoms with van der Waals surface area (Å²) in [5.74, 6) is 0. The Balaban J connectivity index is 0.942. The van der Waals surface area contributed by atoms with Gasteiger partial charge in [-0.1, -0.05) is 218 Å². The minimum absolute atomic E-state index is 1.10. The quantitative estimate of drug-likeness (QED) is 0.126. The van der Waals surface area contributed by atoms with E-state index >= 15 is 0 Å². The van der Waals surface area contributed by atoms with Crippen molar-refractivity contribution in [1.29, 1.82) is 0 Å². The number of hydrogen-bond donors (Lipinski definition) is 0. The minimum Gasteiger partial charge on any atom is -0.310 e. The second kappa shape index (κ2) is 18.4. The maximum Gasteiger partial charge on any atom is 0.0540 e. The van der Waals surface area contributed by atoms with Crippen LogP contribution < -0.4 is 9.80 Å². The van der Waals surface area contributed by atoms with Gasteiger partial charge in [-0.15, -0.1) is 0 Å². The van der Waals surface area contributed by atoms with E-state index in [1.54, 1.807) is 0 Å². The highest BCUT2D eigenvalue weighted by Crippen LogP contribution is 2.47. The first-order chi connectivity index (χ1) is 35.7. The Morgan fingerprint density at radius 2 is 0.500 bits per heavy atom. The predicted octanol–water partition coefficient (Wildman–Crippen LogP) is 19.9. The van der Waals surface area contributed by atoms with Crippen molar-refractivity contribution in [2.24, 2.45) is 0 Å². The van der Waals surface area contributed by atoms with Crippen LogP contribution in [0, 0.1) is 0 Å². The van der Waals surface area contributed by atoms with Crippen LogP contribution in [0.1, 0.15) is 0 Å². The third-order valence-electron chi connectivity index (χ3n) is 14.2. The van der Waals surface area contributed by atoms with Gasteiger partial charge < -0.3 is 9.80 Å². The summed E-state index contributed by atoms with van der Waals surface area (Å²) in [4.78, 5) is 4.74. The highest BCUT2D eigenvalue weighted by Gasteiger charge is 2.21. The Morgan fingerprint density at radius 1 is 0.181 bits per heavy atom. The third-order valence-corrected chi connectivity index (χ3v) is 14.2. The lowest BCUT2D eigenvalue weighted by Gasteiger charge is -2.27. The molecule has 0 radical (unpaired) electrons. The van der Waals surface area contributed by atoms with Crippen molar-refractivity contribution >= 4 is 77.2 Å². The monoisotopic (exact) mass is 916 g/mol. The van der Waals surface area contributed by atoms with Gasteiger partial charge in [-0.2, -0.15) is 0 Å². The molecule has 2 heteroatoms. The van der Waals surface area contributed by atoms with Gasteiger partial charge in [-0.05, 0) is 150 Å². The minimum atomic E-state index is 1.10. The maximum absolute atomic E-state index is 2.42. The molecule has 13 aromatic carbocycles. The van der Waals surface area contributed by atoms with Gasteiger partial charge in [0.05, 0.1) is 11.4 Å². The van der Waals surface area contributed by atoms with E-state index < -0.39 is 0 Å².